The maximum absolute atomic E-state index is 2.08. The summed E-state index contributed by atoms with van der Waals surface area (Å²) in [5.41, 5.74) is 0. The molecule has 3 rings (SSSR count). The number of rotatable bonds is 0. The van der Waals surface area contributed by atoms with E-state index in [1.807, 2.05) is 91.0 Å². The fourth-order valence-electron chi connectivity index (χ4n) is 0.962. The molecule has 0 unspecified atom stereocenters. The average Bonchev–Trinajstić information content (AvgIpc) is 3.31. The Balaban J connectivity index is -0.0000000568. The molecule has 3 aromatic carbocycles. The fraction of sp³-hybridized carbons (Fsp3) is 0.333. The van der Waals surface area contributed by atoms with E-state index in [-0.39, 0.29) is 116 Å². The molecule has 0 aliphatic carbocycles. The first-order chi connectivity index (χ1) is 12.7. The van der Waals surface area contributed by atoms with Gasteiger partial charge in [-0.25, -0.2) is 36.4 Å². The molecule has 0 N–H and O–H groups in total. The molecular weight excluding hydrogens is 801 g/mol. The summed E-state index contributed by atoms with van der Waals surface area (Å²) in [6.07, 6.45) is 0. The van der Waals surface area contributed by atoms with Crippen molar-refractivity contribution in [2.24, 2.45) is 0 Å². The van der Waals surface area contributed by atoms with Gasteiger partial charge in [0.2, 0.25) is 0 Å². The van der Waals surface area contributed by atoms with Crippen molar-refractivity contribution in [3.63, 3.8) is 0 Å². The zero-order valence-corrected chi connectivity index (χ0v) is 26.6. The van der Waals surface area contributed by atoms with Crippen LogP contribution in [0.25, 0.3) is 0 Å². The van der Waals surface area contributed by atoms with Crippen molar-refractivity contribution in [2.45, 2.75) is 62.3 Å². The summed E-state index contributed by atoms with van der Waals surface area (Å²) in [7, 11) is 0. The van der Waals surface area contributed by atoms with Crippen LogP contribution >= 0.6 is 0 Å². The molecule has 0 spiro atoms. The van der Waals surface area contributed by atoms with Crippen LogP contribution in [-0.2, 0) is 0 Å². The van der Waals surface area contributed by atoms with Crippen LogP contribution in [0.2, 0.25) is 0 Å². The van der Waals surface area contributed by atoms with E-state index in [9.17, 15) is 0 Å². The molecule has 0 aliphatic rings. The zero-order chi connectivity index (χ0) is 21.3. The minimum absolute atomic E-state index is 0. The van der Waals surface area contributed by atoms with Gasteiger partial charge in [0.05, 0.1) is 0 Å². The van der Waals surface area contributed by atoms with Crippen molar-refractivity contribution < 1.29 is 116 Å². The molecule has 0 amide bonds. The van der Waals surface area contributed by atoms with Crippen LogP contribution in [0.1, 0.15) is 62.3 Å². The largest absolute Gasteiger partial charge is 0.323 e. The van der Waals surface area contributed by atoms with Crippen molar-refractivity contribution in [2.75, 3.05) is 0 Å². The van der Waals surface area contributed by atoms with E-state index in [2.05, 4.69) is 62.3 Å². The summed E-state index contributed by atoms with van der Waals surface area (Å²) in [4.78, 5) is 0. The van der Waals surface area contributed by atoms with Crippen LogP contribution in [0, 0.1) is 134 Å². The topological polar surface area (TPSA) is 0 Å². The van der Waals surface area contributed by atoms with Gasteiger partial charge in [0.25, 0.3) is 0 Å². The van der Waals surface area contributed by atoms with Crippen LogP contribution in [-0.4, -0.2) is 0 Å². The third kappa shape index (κ3) is 87.4. The van der Waals surface area contributed by atoms with E-state index in [0.717, 1.165) is 0 Å². The molecule has 3 radical (unpaired) electrons. The Morgan fingerprint density at radius 3 is 0.467 bits per heavy atom. The predicted molar refractivity (Wildman–Crippen MR) is 127 cm³/mol. The quantitative estimate of drug-likeness (QED) is 0.198. The second kappa shape index (κ2) is 41.2. The van der Waals surface area contributed by atoms with Crippen LogP contribution in [0.5, 0.6) is 0 Å². The standard InChI is InChI=1S/3C5H5.3C4H9.3Tb/c3*1-2-4-5-3-1;3*1-4(2)3;;;/h3*1-5H;3*1-3H3;;;/q6*-1;;;. The van der Waals surface area contributed by atoms with Gasteiger partial charge in [-0.3, -0.25) is 0 Å². The molecule has 30 heavy (non-hydrogen) atoms. The predicted octanol–water partition coefficient (Wildman–Crippen LogP) is 9.08. The van der Waals surface area contributed by atoms with Crippen molar-refractivity contribution >= 4 is 0 Å². The normalized spacial score (nSPS) is 7.60. The van der Waals surface area contributed by atoms with Gasteiger partial charge < -0.3 is 17.8 Å². The molecule has 3 heteroatoms. The summed E-state index contributed by atoms with van der Waals surface area (Å²) >= 11 is 0. The van der Waals surface area contributed by atoms with Crippen LogP contribution in [0.4, 0.5) is 0 Å². The maximum Gasteiger partial charge on any atom is 0 e. The summed E-state index contributed by atoms with van der Waals surface area (Å²) in [5.74, 6) is 4.25. The van der Waals surface area contributed by atoms with E-state index >= 15 is 0 Å². The van der Waals surface area contributed by atoms with Gasteiger partial charge in [-0.2, -0.15) is 117 Å². The summed E-state index contributed by atoms with van der Waals surface area (Å²) in [5, 5.41) is 0. The van der Waals surface area contributed by atoms with Crippen molar-refractivity contribution in [3.05, 3.63) is 109 Å². The molecule has 0 fully saturated rings. The minimum Gasteiger partial charge on any atom is -0.323 e. The van der Waals surface area contributed by atoms with Gasteiger partial charge in [-0.15, -0.1) is 0 Å². The van der Waals surface area contributed by atoms with Crippen LogP contribution in [0.3, 0.4) is 0 Å². The molecule has 183 valence electrons. The van der Waals surface area contributed by atoms with E-state index in [1.54, 1.807) is 0 Å². The summed E-state index contributed by atoms with van der Waals surface area (Å²) in [6, 6.07) is 30.0. The van der Waals surface area contributed by atoms with Crippen LogP contribution in [0.15, 0.2) is 91.0 Å². The third-order valence-electron chi connectivity index (χ3n) is 1.67. The van der Waals surface area contributed by atoms with Gasteiger partial charge in [-0.05, 0) is 0 Å². The van der Waals surface area contributed by atoms with E-state index in [1.165, 1.54) is 17.8 Å². The van der Waals surface area contributed by atoms with Gasteiger partial charge in [0, 0.05) is 116 Å². The average molecular weight is 843 g/mol. The molecule has 0 aliphatic heterocycles. The summed E-state index contributed by atoms with van der Waals surface area (Å²) < 4.78 is 0. The molecule has 0 aromatic heterocycles. The molecule has 0 bridgehead atoms. The maximum atomic E-state index is 2.08. The van der Waals surface area contributed by atoms with Crippen molar-refractivity contribution in [3.8, 4) is 0 Å². The zero-order valence-electron chi connectivity index (χ0n) is 20.2. The second-order valence-electron chi connectivity index (χ2n) is 7.39. The Labute approximate surface area is 282 Å². The first-order valence-corrected chi connectivity index (χ1v) is 9.50. The van der Waals surface area contributed by atoms with E-state index in [4.69, 9.17) is 0 Å². The van der Waals surface area contributed by atoms with Gasteiger partial charge in [0.1, 0.15) is 0 Å². The molecule has 0 saturated heterocycles. The van der Waals surface area contributed by atoms with Gasteiger partial charge >= 0.3 is 0 Å². The molecular formula is C27H42Tb3-6. The second-order valence-corrected chi connectivity index (χ2v) is 7.39. The van der Waals surface area contributed by atoms with Crippen molar-refractivity contribution in [1.29, 1.82) is 0 Å². The molecule has 0 nitrogen and oxygen atoms in total. The minimum atomic E-state index is 0. The Morgan fingerprint density at radius 2 is 0.433 bits per heavy atom. The summed E-state index contributed by atoms with van der Waals surface area (Å²) in [6.45, 7) is 18.8. The Morgan fingerprint density at radius 1 is 0.333 bits per heavy atom. The first-order valence-electron chi connectivity index (χ1n) is 9.50. The number of hydrogen-bond donors (Lipinski definition) is 0. The molecule has 3 aromatic rings. The molecule has 0 atom stereocenters. The smallest absolute Gasteiger partial charge is 0 e. The Hall–Kier alpha value is 1.91. The van der Waals surface area contributed by atoms with E-state index < -0.39 is 0 Å². The Bertz CT molecular complexity index is 342. The van der Waals surface area contributed by atoms with E-state index in [0.29, 0.717) is 0 Å². The third-order valence-corrected chi connectivity index (χ3v) is 1.67. The SMILES string of the molecule is C[C-](C)C.C[C-](C)C.C[C-](C)C.[Tb].[Tb].[Tb].c1cc[cH-]c1.c1cc[cH-]c1.c1cc[cH-]c1. The number of hydrogen-bond acceptors (Lipinski definition) is 0. The van der Waals surface area contributed by atoms with Gasteiger partial charge in [0.15, 0.2) is 0 Å². The monoisotopic (exact) mass is 843 g/mol. The first kappa shape index (κ1) is 45.4. The molecule has 0 saturated carbocycles. The van der Waals surface area contributed by atoms with Gasteiger partial charge in [-0.1, -0.05) is 0 Å². The van der Waals surface area contributed by atoms with Crippen LogP contribution < -0.4 is 0 Å². The Kier molecular flexibility index (Phi) is 62.3. The van der Waals surface area contributed by atoms with Crippen molar-refractivity contribution in [1.82, 2.24) is 0 Å². The fourth-order valence-corrected chi connectivity index (χ4v) is 0.962. The molecule has 0 heterocycles.